The summed E-state index contributed by atoms with van der Waals surface area (Å²) in [5.74, 6) is 1.66. The number of halogens is 3. The molecule has 2 fully saturated rings. The Morgan fingerprint density at radius 3 is 2.19 bits per heavy atom. The van der Waals surface area contributed by atoms with Crippen LogP contribution in [0.3, 0.4) is 0 Å². The highest BCUT2D eigenvalue weighted by molar-refractivity contribution is 5.63. The van der Waals surface area contributed by atoms with E-state index < -0.39 is 11.7 Å². The molecular formula is C25H28F3N7O. The third kappa shape index (κ3) is 5.35. The molecule has 0 aliphatic carbocycles. The van der Waals surface area contributed by atoms with Gasteiger partial charge in [-0.1, -0.05) is 29.8 Å². The molecule has 0 saturated carbocycles. The number of aromatic nitrogens is 3. The van der Waals surface area contributed by atoms with Gasteiger partial charge in [0.2, 0.25) is 11.9 Å². The lowest BCUT2D eigenvalue weighted by Crippen LogP contribution is -2.47. The molecular weight excluding hydrogens is 471 g/mol. The van der Waals surface area contributed by atoms with E-state index in [0.29, 0.717) is 76.6 Å². The summed E-state index contributed by atoms with van der Waals surface area (Å²) in [7, 11) is 0. The summed E-state index contributed by atoms with van der Waals surface area (Å²) < 4.78 is 46.5. The van der Waals surface area contributed by atoms with Crippen LogP contribution in [0.15, 0.2) is 52.8 Å². The van der Waals surface area contributed by atoms with Gasteiger partial charge in [-0.3, -0.25) is 0 Å². The first-order chi connectivity index (χ1) is 17.4. The highest BCUT2D eigenvalue weighted by Gasteiger charge is 2.37. The standard InChI is InChI=1S/C25H28F3N7O/c1-18-5-4-6-19(17-18)21-30-23(32-24(31-21)35-13-15-36-16-14-35)34-11-9-33(10-12-34)22-20(25(26,27)28)7-2-3-8-29-22/h2,4-8,17H,3,9-16H2,1H3. The number of hydrogen-bond acceptors (Lipinski definition) is 8. The number of piperazine rings is 1. The fourth-order valence-electron chi connectivity index (χ4n) is 4.43. The van der Waals surface area contributed by atoms with Crippen LogP contribution in [0.1, 0.15) is 12.0 Å². The van der Waals surface area contributed by atoms with E-state index >= 15 is 0 Å². The first kappa shape index (κ1) is 24.2. The van der Waals surface area contributed by atoms with E-state index in [1.807, 2.05) is 36.1 Å². The number of hydrogen-bond donors (Lipinski definition) is 0. The molecule has 0 N–H and O–H groups in total. The molecule has 36 heavy (non-hydrogen) atoms. The number of anilines is 2. The van der Waals surface area contributed by atoms with Gasteiger partial charge in [-0.15, -0.1) is 0 Å². The van der Waals surface area contributed by atoms with Crippen molar-refractivity contribution in [3.05, 3.63) is 53.4 Å². The van der Waals surface area contributed by atoms with Crippen molar-refractivity contribution in [2.75, 3.05) is 62.3 Å². The van der Waals surface area contributed by atoms with Gasteiger partial charge in [0, 0.05) is 57.5 Å². The van der Waals surface area contributed by atoms with E-state index in [1.165, 1.54) is 12.3 Å². The Hall–Kier alpha value is -3.47. The average molecular weight is 500 g/mol. The lowest BCUT2D eigenvalue weighted by atomic mass is 10.1. The molecule has 8 nitrogen and oxygen atoms in total. The van der Waals surface area contributed by atoms with Crippen LogP contribution in [0.2, 0.25) is 0 Å². The Morgan fingerprint density at radius 1 is 0.861 bits per heavy atom. The van der Waals surface area contributed by atoms with Crippen molar-refractivity contribution in [1.29, 1.82) is 0 Å². The molecule has 0 bridgehead atoms. The van der Waals surface area contributed by atoms with Gasteiger partial charge in [0.25, 0.3) is 0 Å². The maximum absolute atomic E-state index is 13.7. The third-order valence-electron chi connectivity index (χ3n) is 6.33. The number of morpholine rings is 1. The zero-order valence-corrected chi connectivity index (χ0v) is 20.1. The first-order valence-corrected chi connectivity index (χ1v) is 12.0. The van der Waals surface area contributed by atoms with Crippen LogP contribution >= 0.6 is 0 Å². The summed E-state index contributed by atoms with van der Waals surface area (Å²) in [6, 6.07) is 7.98. The lowest BCUT2D eigenvalue weighted by molar-refractivity contribution is -0.0903. The molecule has 11 heteroatoms. The Labute approximate surface area is 207 Å². The molecule has 0 atom stereocenters. The number of nitrogens with zero attached hydrogens (tertiary/aromatic N) is 7. The monoisotopic (exact) mass is 499 g/mol. The predicted octanol–water partition coefficient (Wildman–Crippen LogP) is 3.61. The van der Waals surface area contributed by atoms with E-state index in [-0.39, 0.29) is 5.82 Å². The molecule has 0 amide bonds. The molecule has 190 valence electrons. The number of ether oxygens (including phenoxy) is 1. The Bertz CT molecular complexity index is 1180. The van der Waals surface area contributed by atoms with E-state index in [4.69, 9.17) is 19.7 Å². The highest BCUT2D eigenvalue weighted by Crippen LogP contribution is 2.33. The number of aryl methyl sites for hydroxylation is 1. The Balaban J connectivity index is 1.42. The first-order valence-electron chi connectivity index (χ1n) is 12.0. The van der Waals surface area contributed by atoms with Gasteiger partial charge in [-0.25, -0.2) is 4.99 Å². The minimum Gasteiger partial charge on any atom is -0.378 e. The number of rotatable bonds is 4. The predicted molar refractivity (Wildman–Crippen MR) is 132 cm³/mol. The van der Waals surface area contributed by atoms with Crippen molar-refractivity contribution >= 4 is 18.1 Å². The van der Waals surface area contributed by atoms with Crippen LogP contribution in [-0.4, -0.2) is 84.7 Å². The summed E-state index contributed by atoms with van der Waals surface area (Å²) in [6.07, 6.45) is 0.0457. The smallest absolute Gasteiger partial charge is 0.378 e. The van der Waals surface area contributed by atoms with Crippen LogP contribution in [0.25, 0.3) is 11.4 Å². The van der Waals surface area contributed by atoms with E-state index in [9.17, 15) is 13.2 Å². The summed E-state index contributed by atoms with van der Waals surface area (Å²) in [5.41, 5.74) is 1.29. The van der Waals surface area contributed by atoms with Crippen LogP contribution in [-0.2, 0) is 4.74 Å². The van der Waals surface area contributed by atoms with Gasteiger partial charge in [-0.05, 0) is 19.1 Å². The molecule has 0 spiro atoms. The number of aliphatic imine (C=N–C) groups is 1. The maximum atomic E-state index is 13.7. The molecule has 1 aromatic heterocycles. The summed E-state index contributed by atoms with van der Waals surface area (Å²) in [4.78, 5) is 24.2. The number of allylic oxidation sites excluding steroid dienone is 3. The van der Waals surface area contributed by atoms with Crippen molar-refractivity contribution in [2.24, 2.45) is 4.99 Å². The molecule has 0 radical (unpaired) electrons. The SMILES string of the molecule is Cc1cccc(-c2nc(N3CCOCC3)nc(N3CCN(C4=C(C(F)(F)F)C=CCC=N4)CC3)n2)c1. The largest absolute Gasteiger partial charge is 0.419 e. The number of alkyl halides is 3. The second-order valence-corrected chi connectivity index (χ2v) is 8.89. The van der Waals surface area contributed by atoms with Gasteiger partial charge < -0.3 is 19.4 Å². The quantitative estimate of drug-likeness (QED) is 0.637. The molecule has 3 aliphatic rings. The van der Waals surface area contributed by atoms with E-state index in [1.54, 1.807) is 4.90 Å². The lowest BCUT2D eigenvalue weighted by Gasteiger charge is -2.37. The summed E-state index contributed by atoms with van der Waals surface area (Å²) in [5, 5.41) is 0. The third-order valence-corrected chi connectivity index (χ3v) is 6.33. The maximum Gasteiger partial charge on any atom is 0.419 e. The summed E-state index contributed by atoms with van der Waals surface area (Å²) in [6.45, 7) is 6.27. The Kier molecular flexibility index (Phi) is 6.90. The van der Waals surface area contributed by atoms with Crippen LogP contribution in [0, 0.1) is 6.92 Å². The van der Waals surface area contributed by atoms with Gasteiger partial charge in [0.15, 0.2) is 5.82 Å². The molecule has 5 rings (SSSR count). The van der Waals surface area contributed by atoms with Gasteiger partial charge >= 0.3 is 6.18 Å². The normalized spacial score (nSPS) is 19.2. The van der Waals surface area contributed by atoms with E-state index in [2.05, 4.69) is 9.89 Å². The van der Waals surface area contributed by atoms with Crippen LogP contribution in [0.5, 0.6) is 0 Å². The second-order valence-electron chi connectivity index (χ2n) is 8.89. The molecule has 2 aromatic rings. The van der Waals surface area contributed by atoms with E-state index in [0.717, 1.165) is 17.2 Å². The van der Waals surface area contributed by atoms with Crippen molar-refractivity contribution in [3.63, 3.8) is 0 Å². The van der Waals surface area contributed by atoms with Crippen LogP contribution < -0.4 is 9.80 Å². The Morgan fingerprint density at radius 2 is 1.53 bits per heavy atom. The zero-order chi connectivity index (χ0) is 25.1. The van der Waals surface area contributed by atoms with Crippen molar-refractivity contribution in [3.8, 4) is 11.4 Å². The van der Waals surface area contributed by atoms with Crippen LogP contribution in [0.4, 0.5) is 25.1 Å². The van der Waals surface area contributed by atoms with Gasteiger partial charge in [0.05, 0.1) is 18.8 Å². The van der Waals surface area contributed by atoms with Crippen molar-refractivity contribution in [2.45, 2.75) is 19.5 Å². The minimum atomic E-state index is -4.46. The average Bonchev–Trinajstić information content (AvgIpc) is 3.16. The molecule has 0 unspecified atom stereocenters. The number of benzene rings is 1. The molecule has 2 saturated heterocycles. The zero-order valence-electron chi connectivity index (χ0n) is 20.1. The van der Waals surface area contributed by atoms with Crippen molar-refractivity contribution in [1.82, 2.24) is 19.9 Å². The van der Waals surface area contributed by atoms with Gasteiger partial charge in [-0.2, -0.15) is 28.1 Å². The minimum absolute atomic E-state index is 0.0268. The fraction of sp³-hybridized carbons (Fsp3) is 0.440. The molecule has 3 aliphatic heterocycles. The highest BCUT2D eigenvalue weighted by atomic mass is 19.4. The second kappa shape index (κ2) is 10.3. The molecule has 4 heterocycles. The summed E-state index contributed by atoms with van der Waals surface area (Å²) >= 11 is 0. The molecule has 1 aromatic carbocycles. The van der Waals surface area contributed by atoms with Gasteiger partial charge in [0.1, 0.15) is 5.82 Å². The fourth-order valence-corrected chi connectivity index (χ4v) is 4.43. The topological polar surface area (TPSA) is 70.0 Å². The van der Waals surface area contributed by atoms with Crippen molar-refractivity contribution < 1.29 is 17.9 Å².